The number of benzene rings is 2. The second kappa shape index (κ2) is 8.33. The highest BCUT2D eigenvalue weighted by Gasteiger charge is 2.22. The summed E-state index contributed by atoms with van der Waals surface area (Å²) >= 11 is 0. The SMILES string of the molecule is Cc1cc(C)c(OCC(=O)N2CCN(Cc3ccc4c(c3)OCO4)CC2)c(C)c1. The molecule has 29 heavy (non-hydrogen) atoms. The first-order valence-electron chi connectivity index (χ1n) is 10.1. The van der Waals surface area contributed by atoms with E-state index in [0.29, 0.717) is 6.79 Å². The first-order chi connectivity index (χ1) is 14.0. The zero-order chi connectivity index (χ0) is 20.4. The molecule has 0 unspecified atom stereocenters. The van der Waals surface area contributed by atoms with Gasteiger partial charge in [-0.1, -0.05) is 23.8 Å². The lowest BCUT2D eigenvalue weighted by molar-refractivity contribution is -0.135. The molecule has 2 aromatic carbocycles. The van der Waals surface area contributed by atoms with E-state index >= 15 is 0 Å². The topological polar surface area (TPSA) is 51.2 Å². The summed E-state index contributed by atoms with van der Waals surface area (Å²) in [7, 11) is 0. The minimum atomic E-state index is 0.0482. The molecule has 0 aliphatic carbocycles. The minimum Gasteiger partial charge on any atom is -0.483 e. The standard InChI is InChI=1S/C23H28N2O4/c1-16-10-17(2)23(18(3)11-16)27-14-22(26)25-8-6-24(7-9-25)13-19-4-5-20-21(12-19)29-15-28-20/h4-5,10-12H,6-9,13-15H2,1-3H3. The van der Waals surface area contributed by atoms with Crippen molar-refractivity contribution in [2.75, 3.05) is 39.6 Å². The Hall–Kier alpha value is -2.73. The van der Waals surface area contributed by atoms with Crippen LogP contribution < -0.4 is 14.2 Å². The predicted octanol–water partition coefficient (Wildman–Crippen LogP) is 3.06. The predicted molar refractivity (Wildman–Crippen MR) is 111 cm³/mol. The van der Waals surface area contributed by atoms with Crippen LogP contribution in [0.1, 0.15) is 22.3 Å². The summed E-state index contributed by atoms with van der Waals surface area (Å²) in [5.74, 6) is 2.50. The van der Waals surface area contributed by atoms with Gasteiger partial charge in [0, 0.05) is 32.7 Å². The lowest BCUT2D eigenvalue weighted by atomic mass is 10.1. The van der Waals surface area contributed by atoms with Crippen molar-refractivity contribution in [2.24, 2.45) is 0 Å². The van der Waals surface area contributed by atoms with Crippen LogP contribution in [0, 0.1) is 20.8 Å². The van der Waals surface area contributed by atoms with E-state index < -0.39 is 0 Å². The van der Waals surface area contributed by atoms with E-state index in [-0.39, 0.29) is 12.5 Å². The number of ether oxygens (including phenoxy) is 3. The number of fused-ring (bicyclic) bond motifs is 1. The van der Waals surface area contributed by atoms with Crippen LogP contribution in [0.2, 0.25) is 0 Å². The summed E-state index contributed by atoms with van der Waals surface area (Å²) < 4.78 is 16.7. The van der Waals surface area contributed by atoms with Crippen LogP contribution in [-0.2, 0) is 11.3 Å². The van der Waals surface area contributed by atoms with Crippen LogP contribution in [0.5, 0.6) is 17.2 Å². The fourth-order valence-electron chi connectivity index (χ4n) is 4.07. The van der Waals surface area contributed by atoms with Gasteiger partial charge in [-0.05, 0) is 49.6 Å². The molecule has 1 fully saturated rings. The molecule has 2 heterocycles. The highest BCUT2D eigenvalue weighted by molar-refractivity contribution is 5.78. The van der Waals surface area contributed by atoms with Gasteiger partial charge in [0.05, 0.1) is 0 Å². The fourth-order valence-corrected chi connectivity index (χ4v) is 4.07. The Bertz CT molecular complexity index is 881. The largest absolute Gasteiger partial charge is 0.483 e. The molecule has 154 valence electrons. The molecule has 6 nitrogen and oxygen atoms in total. The molecule has 0 saturated carbocycles. The van der Waals surface area contributed by atoms with Gasteiger partial charge in [0.25, 0.3) is 5.91 Å². The van der Waals surface area contributed by atoms with Gasteiger partial charge < -0.3 is 19.1 Å². The minimum absolute atomic E-state index is 0.0482. The molecule has 2 aliphatic heterocycles. The molecule has 0 atom stereocenters. The van der Waals surface area contributed by atoms with Crippen molar-refractivity contribution in [3.8, 4) is 17.2 Å². The smallest absolute Gasteiger partial charge is 0.260 e. The quantitative estimate of drug-likeness (QED) is 0.778. The van der Waals surface area contributed by atoms with Crippen molar-refractivity contribution < 1.29 is 19.0 Å². The van der Waals surface area contributed by atoms with Gasteiger partial charge in [-0.15, -0.1) is 0 Å². The molecule has 2 aromatic rings. The number of piperazine rings is 1. The summed E-state index contributed by atoms with van der Waals surface area (Å²) in [6.45, 7) is 10.5. The second-order valence-corrected chi connectivity index (χ2v) is 7.86. The number of hydrogen-bond acceptors (Lipinski definition) is 5. The third-order valence-electron chi connectivity index (χ3n) is 5.51. The molecule has 0 N–H and O–H groups in total. The molecule has 1 amide bonds. The maximum Gasteiger partial charge on any atom is 0.260 e. The number of nitrogens with zero attached hydrogens (tertiary/aromatic N) is 2. The van der Waals surface area contributed by atoms with Crippen LogP contribution in [-0.4, -0.2) is 55.3 Å². The molecule has 1 saturated heterocycles. The van der Waals surface area contributed by atoms with E-state index in [9.17, 15) is 4.79 Å². The van der Waals surface area contributed by atoms with Crippen LogP contribution in [0.25, 0.3) is 0 Å². The highest BCUT2D eigenvalue weighted by Crippen LogP contribution is 2.33. The Labute approximate surface area is 172 Å². The zero-order valence-electron chi connectivity index (χ0n) is 17.4. The maximum atomic E-state index is 12.6. The lowest BCUT2D eigenvalue weighted by Gasteiger charge is -2.34. The van der Waals surface area contributed by atoms with Crippen LogP contribution >= 0.6 is 0 Å². The third-order valence-corrected chi connectivity index (χ3v) is 5.51. The van der Waals surface area contributed by atoms with Gasteiger partial charge in [-0.3, -0.25) is 9.69 Å². The average molecular weight is 396 g/mol. The van der Waals surface area contributed by atoms with Gasteiger partial charge in [0.1, 0.15) is 5.75 Å². The van der Waals surface area contributed by atoms with Crippen molar-refractivity contribution in [3.05, 3.63) is 52.6 Å². The van der Waals surface area contributed by atoms with Gasteiger partial charge >= 0.3 is 0 Å². The molecule has 2 aliphatic rings. The number of rotatable bonds is 5. The van der Waals surface area contributed by atoms with Gasteiger partial charge in [-0.25, -0.2) is 0 Å². The van der Waals surface area contributed by atoms with E-state index in [2.05, 4.69) is 30.0 Å². The van der Waals surface area contributed by atoms with Crippen LogP contribution in [0.3, 0.4) is 0 Å². The summed E-state index contributed by atoms with van der Waals surface area (Å²) in [5, 5.41) is 0. The Morgan fingerprint density at radius 3 is 2.38 bits per heavy atom. The fraction of sp³-hybridized carbons (Fsp3) is 0.435. The number of hydrogen-bond donors (Lipinski definition) is 0. The molecular weight excluding hydrogens is 368 g/mol. The van der Waals surface area contributed by atoms with Gasteiger partial charge in [0.2, 0.25) is 6.79 Å². The Morgan fingerprint density at radius 1 is 0.966 bits per heavy atom. The Kier molecular flexibility index (Phi) is 5.62. The molecule has 6 heteroatoms. The van der Waals surface area contributed by atoms with E-state index in [1.807, 2.05) is 30.9 Å². The Balaban J connectivity index is 1.26. The number of carbonyl (C=O) groups is 1. The summed E-state index contributed by atoms with van der Waals surface area (Å²) in [6, 6.07) is 10.2. The normalized spacial score (nSPS) is 16.2. The zero-order valence-corrected chi connectivity index (χ0v) is 17.4. The van der Waals surface area contributed by atoms with Crippen LogP contribution in [0.15, 0.2) is 30.3 Å². The Morgan fingerprint density at radius 2 is 1.66 bits per heavy atom. The molecular formula is C23H28N2O4. The molecule has 4 rings (SSSR count). The van der Waals surface area contributed by atoms with E-state index in [1.54, 1.807) is 0 Å². The van der Waals surface area contributed by atoms with Crippen molar-refractivity contribution in [3.63, 3.8) is 0 Å². The van der Waals surface area contributed by atoms with Crippen molar-refractivity contribution in [2.45, 2.75) is 27.3 Å². The average Bonchev–Trinajstić information content (AvgIpc) is 3.15. The van der Waals surface area contributed by atoms with Gasteiger partial charge in [-0.2, -0.15) is 0 Å². The van der Waals surface area contributed by atoms with E-state index in [1.165, 1.54) is 11.1 Å². The summed E-state index contributed by atoms with van der Waals surface area (Å²) in [4.78, 5) is 16.9. The van der Waals surface area contributed by atoms with Gasteiger partial charge in [0.15, 0.2) is 18.1 Å². The molecule has 0 bridgehead atoms. The molecule has 0 aromatic heterocycles. The number of amides is 1. The maximum absolute atomic E-state index is 12.6. The number of aryl methyl sites for hydroxylation is 3. The summed E-state index contributed by atoms with van der Waals surface area (Å²) in [5.41, 5.74) is 4.55. The van der Waals surface area contributed by atoms with E-state index in [4.69, 9.17) is 14.2 Å². The van der Waals surface area contributed by atoms with Crippen molar-refractivity contribution in [1.29, 1.82) is 0 Å². The number of carbonyl (C=O) groups excluding carboxylic acids is 1. The van der Waals surface area contributed by atoms with Crippen LogP contribution in [0.4, 0.5) is 0 Å². The monoisotopic (exact) mass is 396 g/mol. The lowest BCUT2D eigenvalue weighted by Crippen LogP contribution is -2.49. The third kappa shape index (κ3) is 4.48. The highest BCUT2D eigenvalue weighted by atomic mass is 16.7. The second-order valence-electron chi connectivity index (χ2n) is 7.86. The molecule has 0 radical (unpaired) electrons. The van der Waals surface area contributed by atoms with Crippen molar-refractivity contribution in [1.82, 2.24) is 9.80 Å². The van der Waals surface area contributed by atoms with Crippen molar-refractivity contribution >= 4 is 5.91 Å². The van der Waals surface area contributed by atoms with E-state index in [0.717, 1.165) is 61.1 Å². The first-order valence-corrected chi connectivity index (χ1v) is 10.1. The first kappa shape index (κ1) is 19.6. The molecule has 0 spiro atoms. The summed E-state index contributed by atoms with van der Waals surface area (Å²) in [6.07, 6.45) is 0.